The summed E-state index contributed by atoms with van der Waals surface area (Å²) in [7, 11) is 0. The van der Waals surface area contributed by atoms with E-state index in [1.807, 2.05) is 0 Å². The maximum atomic E-state index is 11.2. The molecule has 0 amide bonds. The van der Waals surface area contributed by atoms with E-state index < -0.39 is 6.10 Å². The van der Waals surface area contributed by atoms with Crippen LogP contribution in [0.2, 0.25) is 0 Å². The number of allylic oxidation sites excluding steroid dienone is 3. The van der Waals surface area contributed by atoms with Crippen LogP contribution < -0.4 is 0 Å². The van der Waals surface area contributed by atoms with Crippen molar-refractivity contribution in [3.05, 3.63) is 22.8 Å². The van der Waals surface area contributed by atoms with Crippen molar-refractivity contribution < 1.29 is 14.9 Å². The van der Waals surface area contributed by atoms with Crippen LogP contribution in [0.4, 0.5) is 0 Å². The molecule has 1 saturated heterocycles. The predicted molar refractivity (Wildman–Crippen MR) is 134 cm³/mol. The lowest BCUT2D eigenvalue weighted by atomic mass is 9.43. The molecule has 2 N–H and O–H groups in total. The third-order valence-electron chi connectivity index (χ3n) is 12.0. The molecule has 33 heavy (non-hydrogen) atoms. The second-order valence-electron chi connectivity index (χ2n) is 14.1. The van der Waals surface area contributed by atoms with Gasteiger partial charge in [-0.15, -0.1) is 0 Å². The minimum absolute atomic E-state index is 0.0177. The van der Waals surface area contributed by atoms with Gasteiger partial charge in [0.2, 0.25) is 0 Å². The molecule has 4 aliphatic carbocycles. The van der Waals surface area contributed by atoms with Gasteiger partial charge in [-0.2, -0.15) is 0 Å². The van der Waals surface area contributed by atoms with Crippen molar-refractivity contribution in [2.75, 3.05) is 0 Å². The maximum absolute atomic E-state index is 11.2. The van der Waals surface area contributed by atoms with Gasteiger partial charge in [0.1, 0.15) is 6.10 Å². The summed E-state index contributed by atoms with van der Waals surface area (Å²) in [5.74, 6) is 1.21. The Morgan fingerprint density at radius 1 is 0.970 bits per heavy atom. The van der Waals surface area contributed by atoms with Crippen molar-refractivity contribution in [2.24, 2.45) is 39.4 Å². The van der Waals surface area contributed by atoms with Crippen LogP contribution in [0.5, 0.6) is 0 Å². The molecule has 0 bridgehead atoms. The van der Waals surface area contributed by atoms with E-state index in [9.17, 15) is 10.2 Å². The fourth-order valence-electron chi connectivity index (χ4n) is 10.1. The van der Waals surface area contributed by atoms with Gasteiger partial charge in [0.15, 0.2) is 0 Å². The number of hydrogen-bond acceptors (Lipinski definition) is 3. The number of hydrogen-bond donors (Lipinski definition) is 2. The first-order valence-corrected chi connectivity index (χ1v) is 13.7. The van der Waals surface area contributed by atoms with Gasteiger partial charge < -0.3 is 14.9 Å². The van der Waals surface area contributed by atoms with Crippen LogP contribution in [0.3, 0.4) is 0 Å². The fraction of sp³-hybridized carbons (Fsp3) is 0.867. The molecule has 3 fully saturated rings. The lowest BCUT2D eigenvalue weighted by molar-refractivity contribution is -0.163. The Balaban J connectivity index is 1.56. The highest BCUT2D eigenvalue weighted by Crippen LogP contribution is 2.73. The summed E-state index contributed by atoms with van der Waals surface area (Å²) in [4.78, 5) is 0. The van der Waals surface area contributed by atoms with Crippen LogP contribution in [0, 0.1) is 39.4 Å². The topological polar surface area (TPSA) is 49.7 Å². The van der Waals surface area contributed by atoms with Crippen LogP contribution >= 0.6 is 0 Å². The standard InChI is InChI=1S/C30H48O3/c1-17(2)15-21-26(32)18(3)25-22(33-21)16-30(8)20-9-10-23-27(4,5)24(31)12-13-28(23,6)19(20)11-14-29(25,30)7/h15,18,21-26,31-32H,9-14,16H2,1-8H3/t18-,21-,22+,23-,24+,25-,26+,28+,29+,30-/m0/s1. The van der Waals surface area contributed by atoms with E-state index in [0.29, 0.717) is 11.8 Å². The predicted octanol–water partition coefficient (Wildman–Crippen LogP) is 6.44. The van der Waals surface area contributed by atoms with Crippen LogP contribution in [-0.4, -0.2) is 34.6 Å². The second-order valence-corrected chi connectivity index (χ2v) is 14.1. The van der Waals surface area contributed by atoms with E-state index in [1.54, 1.807) is 11.1 Å². The Hall–Kier alpha value is -0.640. The summed E-state index contributed by atoms with van der Waals surface area (Å²) in [5, 5.41) is 22.1. The highest BCUT2D eigenvalue weighted by molar-refractivity contribution is 5.39. The summed E-state index contributed by atoms with van der Waals surface area (Å²) in [6.07, 6.45) is 9.45. The first kappa shape index (κ1) is 24.1. The summed E-state index contributed by atoms with van der Waals surface area (Å²) in [6, 6.07) is 0. The molecular weight excluding hydrogens is 408 g/mol. The van der Waals surface area contributed by atoms with Gasteiger partial charge in [-0.1, -0.05) is 64.3 Å². The first-order chi connectivity index (χ1) is 15.3. The molecule has 3 nitrogen and oxygen atoms in total. The summed E-state index contributed by atoms with van der Waals surface area (Å²) in [6.45, 7) is 18.7. The quantitative estimate of drug-likeness (QED) is 0.447. The van der Waals surface area contributed by atoms with Gasteiger partial charge in [0, 0.05) is 0 Å². The smallest absolute Gasteiger partial charge is 0.102 e. The molecule has 1 heterocycles. The second kappa shape index (κ2) is 7.43. The molecule has 5 aliphatic rings. The molecule has 1 aliphatic heterocycles. The lowest BCUT2D eigenvalue weighted by Crippen LogP contribution is -2.56. The molecule has 0 aromatic rings. The monoisotopic (exact) mass is 456 g/mol. The zero-order chi connectivity index (χ0) is 24.1. The van der Waals surface area contributed by atoms with Crippen molar-refractivity contribution in [1.82, 2.24) is 0 Å². The normalized spacial score (nSPS) is 53.0. The summed E-state index contributed by atoms with van der Waals surface area (Å²) >= 11 is 0. The number of fused-ring (bicyclic) bond motifs is 6. The molecule has 0 spiro atoms. The highest BCUT2D eigenvalue weighted by Gasteiger charge is 2.68. The Kier molecular flexibility index (Phi) is 5.42. The van der Waals surface area contributed by atoms with E-state index in [4.69, 9.17) is 4.74 Å². The van der Waals surface area contributed by atoms with Gasteiger partial charge in [0.05, 0.1) is 18.3 Å². The molecule has 0 aromatic carbocycles. The minimum Gasteiger partial charge on any atom is -0.393 e. The van der Waals surface area contributed by atoms with E-state index >= 15 is 0 Å². The largest absolute Gasteiger partial charge is 0.393 e. The Morgan fingerprint density at radius 3 is 2.33 bits per heavy atom. The van der Waals surface area contributed by atoms with Crippen LogP contribution in [0.1, 0.15) is 100 Å². The summed E-state index contributed by atoms with van der Waals surface area (Å²) in [5.41, 5.74) is 5.20. The average Bonchev–Trinajstić information content (AvgIpc) is 2.96. The zero-order valence-corrected chi connectivity index (χ0v) is 22.4. The number of ether oxygens (including phenoxy) is 1. The molecule has 2 saturated carbocycles. The van der Waals surface area contributed by atoms with Crippen LogP contribution in [0.15, 0.2) is 22.8 Å². The van der Waals surface area contributed by atoms with Crippen LogP contribution in [-0.2, 0) is 4.74 Å². The minimum atomic E-state index is -0.426. The molecule has 0 unspecified atom stereocenters. The number of rotatable bonds is 1. The average molecular weight is 457 g/mol. The van der Waals surface area contributed by atoms with Gasteiger partial charge in [-0.25, -0.2) is 0 Å². The van der Waals surface area contributed by atoms with E-state index in [-0.39, 0.29) is 45.9 Å². The maximum Gasteiger partial charge on any atom is 0.102 e. The molecule has 5 rings (SSSR count). The van der Waals surface area contributed by atoms with Gasteiger partial charge in [-0.05, 0) is 98.2 Å². The van der Waals surface area contributed by atoms with Gasteiger partial charge in [0.25, 0.3) is 0 Å². The van der Waals surface area contributed by atoms with E-state index in [1.165, 1.54) is 31.3 Å². The van der Waals surface area contributed by atoms with Crippen molar-refractivity contribution >= 4 is 0 Å². The Morgan fingerprint density at radius 2 is 1.67 bits per heavy atom. The fourth-order valence-corrected chi connectivity index (χ4v) is 10.1. The molecule has 0 radical (unpaired) electrons. The van der Waals surface area contributed by atoms with Crippen LogP contribution in [0.25, 0.3) is 0 Å². The molecular formula is C30H48O3. The first-order valence-electron chi connectivity index (χ1n) is 13.7. The van der Waals surface area contributed by atoms with Crippen molar-refractivity contribution in [2.45, 2.75) is 125 Å². The van der Waals surface area contributed by atoms with E-state index in [0.717, 1.165) is 19.3 Å². The van der Waals surface area contributed by atoms with Crippen molar-refractivity contribution in [3.63, 3.8) is 0 Å². The van der Waals surface area contributed by atoms with Gasteiger partial charge in [-0.3, -0.25) is 0 Å². The Labute approximate surface area is 202 Å². The Bertz CT molecular complexity index is 881. The third-order valence-corrected chi connectivity index (χ3v) is 12.0. The highest BCUT2D eigenvalue weighted by atomic mass is 16.5. The molecule has 186 valence electrons. The SMILES string of the molecule is CC(C)=C[C@@H]1O[C@@H]2C[C@@]3(C)C4=C(CC[C@]3(C)[C@H]2[C@H](C)[C@H]1O)[C@@]1(C)CC[C@@H](O)C(C)(C)[C@@H]1CC4. The third kappa shape index (κ3) is 3.04. The van der Waals surface area contributed by atoms with Crippen molar-refractivity contribution in [3.8, 4) is 0 Å². The summed E-state index contributed by atoms with van der Waals surface area (Å²) < 4.78 is 6.70. The molecule has 10 atom stereocenters. The van der Waals surface area contributed by atoms with E-state index in [2.05, 4.69) is 61.5 Å². The lowest BCUT2D eigenvalue weighted by Gasteiger charge is -2.62. The molecule has 3 heteroatoms. The molecule has 0 aromatic heterocycles. The van der Waals surface area contributed by atoms with Gasteiger partial charge >= 0.3 is 0 Å². The van der Waals surface area contributed by atoms with Crippen molar-refractivity contribution in [1.29, 1.82) is 0 Å². The number of aliphatic hydroxyl groups is 2. The zero-order valence-electron chi connectivity index (χ0n) is 22.4. The number of aliphatic hydroxyl groups excluding tert-OH is 2.